The maximum Gasteiger partial charge on any atom is 0.352 e. The zero-order valence-electron chi connectivity index (χ0n) is 18.8. The van der Waals surface area contributed by atoms with Crippen molar-refractivity contribution in [2.24, 2.45) is 4.99 Å². The van der Waals surface area contributed by atoms with Gasteiger partial charge in [-0.15, -0.1) is 22.0 Å². The number of pyridine rings is 1. The standard InChI is InChI=1S/C20H18Cl3N5O6S3/c1-9-25-26-19(37-9)36-6-10-5-35-16-13(15(29)28(16)14(10)18(32)33)24-12-2-3-27(4-11(12)17(30)31)8-34-7-20(21,22)23/h2-4,13,16H,5-8H2,1H3,(H,30,31)(H,32,33)/t13-,16-/m1/s1. The Morgan fingerprint density at radius 1 is 1.30 bits per heavy atom. The first-order valence-electron chi connectivity index (χ1n) is 10.4. The molecule has 17 heteroatoms. The van der Waals surface area contributed by atoms with Crippen molar-refractivity contribution in [1.82, 2.24) is 19.7 Å². The summed E-state index contributed by atoms with van der Waals surface area (Å²) in [6, 6.07) is 0.514. The summed E-state index contributed by atoms with van der Waals surface area (Å²) in [4.78, 5) is 42.5. The van der Waals surface area contributed by atoms with E-state index in [1.54, 1.807) is 0 Å². The smallest absolute Gasteiger partial charge is 0.352 e. The highest BCUT2D eigenvalue weighted by atomic mass is 35.6. The van der Waals surface area contributed by atoms with Gasteiger partial charge in [0.25, 0.3) is 5.91 Å². The molecular weight excluding hydrogens is 609 g/mol. The van der Waals surface area contributed by atoms with Crippen molar-refractivity contribution in [3.63, 3.8) is 0 Å². The number of aromatic carboxylic acids is 1. The molecule has 4 heterocycles. The molecule has 2 aromatic heterocycles. The van der Waals surface area contributed by atoms with Crippen LogP contribution in [0.2, 0.25) is 0 Å². The number of halogens is 3. The molecule has 0 aliphatic carbocycles. The van der Waals surface area contributed by atoms with Crippen LogP contribution in [0, 0.1) is 6.92 Å². The fourth-order valence-corrected chi connectivity index (χ4v) is 7.07. The molecule has 0 bridgehead atoms. The normalized spacial score (nSPS) is 20.2. The molecule has 1 amide bonds. The van der Waals surface area contributed by atoms with Crippen molar-refractivity contribution in [3.05, 3.63) is 45.7 Å². The lowest BCUT2D eigenvalue weighted by atomic mass is 10.0. The minimum Gasteiger partial charge on any atom is -0.478 e. The SMILES string of the molecule is Cc1nnc(SCC2=C(C(=O)O)N3C(=O)[C@@H](N=c4ccn(COCC(Cl)(Cl)Cl)cc4C(=O)O)[C@H]3SC2)s1. The van der Waals surface area contributed by atoms with Gasteiger partial charge in [0.2, 0.25) is 3.79 Å². The number of alkyl halides is 3. The minimum absolute atomic E-state index is 0.0654. The van der Waals surface area contributed by atoms with Gasteiger partial charge in [0.15, 0.2) is 10.4 Å². The lowest BCUT2D eigenvalue weighted by molar-refractivity contribution is -0.147. The molecule has 0 unspecified atom stereocenters. The number of carbonyl (C=O) groups is 3. The number of aromatic nitrogens is 3. The van der Waals surface area contributed by atoms with Crippen molar-refractivity contribution in [3.8, 4) is 0 Å². The molecule has 0 spiro atoms. The average molecular weight is 627 g/mol. The van der Waals surface area contributed by atoms with Gasteiger partial charge < -0.3 is 19.5 Å². The number of aryl methyl sites for hydroxylation is 1. The maximum absolute atomic E-state index is 13.0. The van der Waals surface area contributed by atoms with Crippen LogP contribution in [0.15, 0.2) is 39.1 Å². The Morgan fingerprint density at radius 3 is 2.68 bits per heavy atom. The molecule has 2 aromatic rings. The second-order valence-corrected chi connectivity index (χ2v) is 13.8. The summed E-state index contributed by atoms with van der Waals surface area (Å²) >= 11 is 21.1. The maximum atomic E-state index is 13.0. The second-order valence-electron chi connectivity index (χ2n) is 7.77. The highest BCUT2D eigenvalue weighted by molar-refractivity contribution is 8.01. The number of carboxylic acid groups (broad SMARTS) is 2. The van der Waals surface area contributed by atoms with Crippen LogP contribution in [-0.4, -0.2) is 81.0 Å². The molecule has 2 aliphatic heterocycles. The first kappa shape index (κ1) is 28.2. The largest absolute Gasteiger partial charge is 0.478 e. The van der Waals surface area contributed by atoms with E-state index in [-0.39, 0.29) is 30.0 Å². The first-order chi connectivity index (χ1) is 17.4. The Hall–Kier alpha value is -1.81. The number of rotatable bonds is 9. The fourth-order valence-electron chi connectivity index (χ4n) is 3.55. The lowest BCUT2D eigenvalue weighted by Crippen LogP contribution is -2.64. The number of nitrogens with zero attached hydrogens (tertiary/aromatic N) is 5. The summed E-state index contributed by atoms with van der Waals surface area (Å²) in [5, 5.41) is 27.8. The first-order valence-corrected chi connectivity index (χ1v) is 14.4. The van der Waals surface area contributed by atoms with Gasteiger partial charge in [-0.2, -0.15) is 0 Å². The van der Waals surface area contributed by atoms with Crippen molar-refractivity contribution in [2.45, 2.75) is 33.2 Å². The van der Waals surface area contributed by atoms with E-state index in [0.717, 1.165) is 5.01 Å². The van der Waals surface area contributed by atoms with Crippen LogP contribution < -0.4 is 5.36 Å². The number of amides is 1. The molecule has 2 aliphatic rings. The molecule has 2 N–H and O–H groups in total. The van der Waals surface area contributed by atoms with Crippen LogP contribution >= 0.6 is 69.7 Å². The number of fused-ring (bicyclic) bond motifs is 1. The van der Waals surface area contributed by atoms with Gasteiger partial charge in [-0.05, 0) is 18.6 Å². The molecule has 198 valence electrons. The zero-order valence-corrected chi connectivity index (χ0v) is 23.6. The minimum atomic E-state index is -1.61. The fraction of sp³-hybridized carbons (Fsp3) is 0.400. The number of hydrogen-bond donors (Lipinski definition) is 2. The van der Waals surface area contributed by atoms with E-state index in [2.05, 4.69) is 15.2 Å². The predicted octanol–water partition coefficient (Wildman–Crippen LogP) is 3.01. The monoisotopic (exact) mass is 625 g/mol. The summed E-state index contributed by atoms with van der Waals surface area (Å²) in [5.41, 5.74) is 0.370. The highest BCUT2D eigenvalue weighted by Crippen LogP contribution is 2.42. The molecular formula is C20H18Cl3N5O6S3. The number of carbonyl (C=O) groups excluding carboxylic acids is 1. The average Bonchev–Trinajstić information content (AvgIpc) is 3.24. The van der Waals surface area contributed by atoms with E-state index >= 15 is 0 Å². The van der Waals surface area contributed by atoms with Crippen LogP contribution in [0.1, 0.15) is 15.4 Å². The molecule has 37 heavy (non-hydrogen) atoms. The zero-order chi connectivity index (χ0) is 26.9. The predicted molar refractivity (Wildman–Crippen MR) is 140 cm³/mol. The number of thioether (sulfide) groups is 2. The van der Waals surface area contributed by atoms with Crippen molar-refractivity contribution < 1.29 is 29.3 Å². The van der Waals surface area contributed by atoms with Gasteiger partial charge in [0, 0.05) is 23.9 Å². The van der Waals surface area contributed by atoms with E-state index in [9.17, 15) is 24.6 Å². The molecule has 0 radical (unpaired) electrons. The van der Waals surface area contributed by atoms with Crippen LogP contribution in [-0.2, 0) is 21.1 Å². The molecule has 4 rings (SSSR count). The molecule has 1 fully saturated rings. The number of β-lactam (4-membered cyclic amide) rings is 1. The Bertz CT molecular complexity index is 1340. The Kier molecular flexibility index (Phi) is 8.78. The molecule has 1 saturated heterocycles. The van der Waals surface area contributed by atoms with E-state index < -0.39 is 33.1 Å². The summed E-state index contributed by atoms with van der Waals surface area (Å²) in [6.07, 6.45) is 2.81. The summed E-state index contributed by atoms with van der Waals surface area (Å²) in [5.74, 6) is -2.24. The van der Waals surface area contributed by atoms with Crippen molar-refractivity contribution in [1.29, 1.82) is 0 Å². The third kappa shape index (κ3) is 6.61. The Morgan fingerprint density at radius 2 is 2.05 bits per heavy atom. The van der Waals surface area contributed by atoms with Crippen LogP contribution in [0.3, 0.4) is 0 Å². The van der Waals surface area contributed by atoms with E-state index in [0.29, 0.717) is 21.4 Å². The summed E-state index contributed by atoms with van der Waals surface area (Å²) in [7, 11) is 0. The topological polar surface area (TPSA) is 147 Å². The van der Waals surface area contributed by atoms with Gasteiger partial charge in [-0.1, -0.05) is 57.9 Å². The number of carboxylic acids is 2. The Labute approximate surface area is 237 Å². The molecule has 2 atom stereocenters. The molecule has 11 nitrogen and oxygen atoms in total. The third-order valence-electron chi connectivity index (χ3n) is 5.11. The van der Waals surface area contributed by atoms with Gasteiger partial charge in [0.1, 0.15) is 28.4 Å². The van der Waals surface area contributed by atoms with Crippen molar-refractivity contribution >= 4 is 87.5 Å². The van der Waals surface area contributed by atoms with Gasteiger partial charge in [-0.25, -0.2) is 9.59 Å². The van der Waals surface area contributed by atoms with Gasteiger partial charge in [0.05, 0.1) is 12.0 Å². The van der Waals surface area contributed by atoms with Gasteiger partial charge >= 0.3 is 11.9 Å². The molecule has 0 saturated carbocycles. The van der Waals surface area contributed by atoms with Crippen molar-refractivity contribution in [2.75, 3.05) is 18.1 Å². The lowest BCUT2D eigenvalue weighted by Gasteiger charge is -2.47. The van der Waals surface area contributed by atoms with Gasteiger partial charge in [-0.3, -0.25) is 14.7 Å². The number of ether oxygens (including phenoxy) is 1. The van der Waals surface area contributed by atoms with Crippen LogP contribution in [0.25, 0.3) is 0 Å². The summed E-state index contributed by atoms with van der Waals surface area (Å²) in [6.45, 7) is 1.55. The Balaban J connectivity index is 1.53. The van der Waals surface area contributed by atoms with Crippen LogP contribution in [0.4, 0.5) is 0 Å². The van der Waals surface area contributed by atoms with Crippen LogP contribution in [0.5, 0.6) is 0 Å². The summed E-state index contributed by atoms with van der Waals surface area (Å²) < 4.78 is 5.79. The third-order valence-corrected chi connectivity index (χ3v) is 8.82. The molecule has 0 aromatic carbocycles. The highest BCUT2D eigenvalue weighted by Gasteiger charge is 2.53. The second kappa shape index (κ2) is 11.5. The quantitative estimate of drug-likeness (QED) is 0.242. The van der Waals surface area contributed by atoms with E-state index in [1.165, 1.54) is 62.8 Å². The number of aliphatic carboxylic acids is 1. The van der Waals surface area contributed by atoms with E-state index in [1.807, 2.05) is 6.92 Å². The number of hydrogen-bond acceptors (Lipinski definition) is 10. The van der Waals surface area contributed by atoms with E-state index in [4.69, 9.17) is 39.5 Å².